The van der Waals surface area contributed by atoms with Gasteiger partial charge >= 0.3 is 0 Å². The van der Waals surface area contributed by atoms with Crippen molar-refractivity contribution in [3.05, 3.63) is 47.7 Å². The van der Waals surface area contributed by atoms with Gasteiger partial charge in [-0.15, -0.1) is 0 Å². The number of pyridine rings is 1. The molecule has 0 saturated heterocycles. The van der Waals surface area contributed by atoms with Crippen LogP contribution in [0.4, 0.5) is 8.78 Å². The average molecular weight is 373 g/mol. The molecule has 3 rings (SSSR count). The highest BCUT2D eigenvalue weighted by Crippen LogP contribution is 2.37. The second kappa shape index (κ2) is 7.42. The maximum Gasteiger partial charge on any atom is 0.253 e. The fourth-order valence-corrected chi connectivity index (χ4v) is 3.24. The number of para-hydroxylation sites is 1. The Morgan fingerprint density at radius 3 is 2.81 bits per heavy atom. The van der Waals surface area contributed by atoms with Gasteiger partial charge in [0.1, 0.15) is 0 Å². The number of nitrogens with one attached hydrogen (secondary N) is 1. The number of benzene rings is 1. The Bertz CT molecular complexity index is 925. The van der Waals surface area contributed by atoms with Crippen molar-refractivity contribution in [1.82, 2.24) is 10.3 Å². The Hall–Kier alpha value is -2.83. The summed E-state index contributed by atoms with van der Waals surface area (Å²) < 4.78 is 26.8. The highest BCUT2D eigenvalue weighted by molar-refractivity contribution is 5.99. The first-order chi connectivity index (χ1) is 12.7. The van der Waals surface area contributed by atoms with Crippen molar-refractivity contribution in [2.45, 2.75) is 44.6 Å². The zero-order chi connectivity index (χ0) is 19.6. The van der Waals surface area contributed by atoms with Crippen LogP contribution in [0.15, 0.2) is 36.5 Å². The lowest BCUT2D eigenvalue weighted by Gasteiger charge is -2.22. The third-order valence-corrected chi connectivity index (χ3v) is 4.61. The number of rotatable bonds is 5. The van der Waals surface area contributed by atoms with Gasteiger partial charge in [-0.05, 0) is 25.0 Å². The summed E-state index contributed by atoms with van der Waals surface area (Å²) in [5.41, 5.74) is 7.84. The Morgan fingerprint density at radius 2 is 2.15 bits per heavy atom. The van der Waals surface area contributed by atoms with Crippen LogP contribution < -0.4 is 11.1 Å². The minimum atomic E-state index is -2.64. The molecule has 0 radical (unpaired) electrons. The van der Waals surface area contributed by atoms with Crippen LogP contribution in [0.3, 0.4) is 0 Å². The van der Waals surface area contributed by atoms with Crippen LogP contribution in [0.2, 0.25) is 0 Å². The molecule has 0 fully saturated rings. The van der Waals surface area contributed by atoms with Crippen molar-refractivity contribution in [2.24, 2.45) is 5.73 Å². The Kier molecular flexibility index (Phi) is 5.21. The number of carbonyl (C=O) groups is 2. The molecular formula is C20H21F2N3O2. The Morgan fingerprint density at radius 1 is 1.37 bits per heavy atom. The molecule has 27 heavy (non-hydrogen) atoms. The average Bonchev–Trinajstić information content (AvgIpc) is 2.60. The van der Waals surface area contributed by atoms with Crippen molar-refractivity contribution in [3.63, 3.8) is 0 Å². The van der Waals surface area contributed by atoms with Crippen LogP contribution in [0.1, 0.15) is 48.5 Å². The molecule has 1 aliphatic rings. The molecule has 1 unspecified atom stereocenters. The first kappa shape index (κ1) is 18.9. The molecule has 0 bridgehead atoms. The van der Waals surface area contributed by atoms with E-state index in [2.05, 4.69) is 10.3 Å². The number of alkyl halides is 2. The highest BCUT2D eigenvalue weighted by Gasteiger charge is 2.31. The predicted molar refractivity (Wildman–Crippen MR) is 99.3 cm³/mol. The molecule has 0 saturated carbocycles. The number of halogens is 2. The van der Waals surface area contributed by atoms with E-state index >= 15 is 0 Å². The van der Waals surface area contributed by atoms with Gasteiger partial charge in [-0.1, -0.05) is 24.3 Å². The topological polar surface area (TPSA) is 85.1 Å². The van der Waals surface area contributed by atoms with E-state index in [9.17, 15) is 18.4 Å². The van der Waals surface area contributed by atoms with Crippen LogP contribution in [-0.2, 0) is 4.79 Å². The molecule has 2 aromatic rings. The summed E-state index contributed by atoms with van der Waals surface area (Å²) in [5, 5.41) is 3.46. The van der Waals surface area contributed by atoms with Gasteiger partial charge in [0.05, 0.1) is 11.1 Å². The lowest BCUT2D eigenvalue weighted by Crippen LogP contribution is -2.35. The number of allylic oxidation sites excluding steroid dienone is 2. The second-order valence-corrected chi connectivity index (χ2v) is 6.94. The third-order valence-electron chi connectivity index (χ3n) is 4.61. The summed E-state index contributed by atoms with van der Waals surface area (Å²) in [4.78, 5) is 27.7. The molecule has 7 heteroatoms. The quantitative estimate of drug-likeness (QED) is 0.842. The van der Waals surface area contributed by atoms with E-state index in [1.165, 1.54) is 6.20 Å². The standard InChI is InChI=1S/C20H21F2N3O2/c1-12(9-17(23)26)25-19(27)15-10-14-3-2-4-16(18(14)24-11-15)13-5-7-20(21,22)8-6-13/h2-5,10-12H,6-9H2,1H3,(H2,23,26)(H,25,27). The number of primary amides is 1. The zero-order valence-electron chi connectivity index (χ0n) is 15.0. The summed E-state index contributed by atoms with van der Waals surface area (Å²) in [6.07, 6.45) is 2.93. The maximum atomic E-state index is 13.4. The number of carbonyl (C=O) groups excluding carboxylic acids is 2. The summed E-state index contributed by atoms with van der Waals surface area (Å²) in [6, 6.07) is 6.83. The van der Waals surface area contributed by atoms with Crippen molar-refractivity contribution in [3.8, 4) is 0 Å². The van der Waals surface area contributed by atoms with E-state index in [1.807, 2.05) is 18.2 Å². The molecule has 1 aliphatic carbocycles. The SMILES string of the molecule is CC(CC(N)=O)NC(=O)c1cnc2c(C3=CCC(F)(F)CC3)cccc2c1. The van der Waals surface area contributed by atoms with Gasteiger partial charge in [0.25, 0.3) is 11.8 Å². The lowest BCUT2D eigenvalue weighted by atomic mass is 9.90. The molecule has 1 aromatic heterocycles. The number of hydrogen-bond acceptors (Lipinski definition) is 3. The maximum absolute atomic E-state index is 13.4. The van der Waals surface area contributed by atoms with E-state index in [1.54, 1.807) is 19.1 Å². The number of aromatic nitrogens is 1. The summed E-state index contributed by atoms with van der Waals surface area (Å²) >= 11 is 0. The van der Waals surface area contributed by atoms with Crippen LogP contribution in [-0.4, -0.2) is 28.8 Å². The largest absolute Gasteiger partial charge is 0.370 e. The molecule has 1 atom stereocenters. The van der Waals surface area contributed by atoms with Crippen molar-refractivity contribution in [1.29, 1.82) is 0 Å². The summed E-state index contributed by atoms with van der Waals surface area (Å²) in [5.74, 6) is -3.48. The molecule has 1 aromatic carbocycles. The minimum absolute atomic E-state index is 0.0513. The number of nitrogens with zero attached hydrogens (tertiary/aromatic N) is 1. The highest BCUT2D eigenvalue weighted by atomic mass is 19.3. The smallest absolute Gasteiger partial charge is 0.253 e. The first-order valence-corrected chi connectivity index (χ1v) is 8.80. The van der Waals surface area contributed by atoms with E-state index in [0.717, 1.165) is 16.5 Å². The molecule has 142 valence electrons. The number of amides is 2. The van der Waals surface area contributed by atoms with Gasteiger partial charge in [0.15, 0.2) is 0 Å². The van der Waals surface area contributed by atoms with Gasteiger partial charge < -0.3 is 11.1 Å². The fraction of sp³-hybridized carbons (Fsp3) is 0.350. The number of fused-ring (bicyclic) bond motifs is 1. The van der Waals surface area contributed by atoms with Gasteiger partial charge in [0.2, 0.25) is 5.91 Å². The second-order valence-electron chi connectivity index (χ2n) is 6.94. The number of nitrogens with two attached hydrogens (primary N) is 1. The molecule has 5 nitrogen and oxygen atoms in total. The third kappa shape index (κ3) is 4.48. The Labute approximate surface area is 155 Å². The summed E-state index contributed by atoms with van der Waals surface area (Å²) in [7, 11) is 0. The van der Waals surface area contributed by atoms with Crippen molar-refractivity contribution < 1.29 is 18.4 Å². The minimum Gasteiger partial charge on any atom is -0.370 e. The Balaban J connectivity index is 1.86. The van der Waals surface area contributed by atoms with Crippen LogP contribution in [0.5, 0.6) is 0 Å². The molecule has 0 aliphatic heterocycles. The fourth-order valence-electron chi connectivity index (χ4n) is 3.24. The lowest BCUT2D eigenvalue weighted by molar-refractivity contribution is -0.118. The normalized spacial score (nSPS) is 17.2. The molecular weight excluding hydrogens is 352 g/mol. The van der Waals surface area contributed by atoms with Crippen LogP contribution in [0.25, 0.3) is 16.5 Å². The zero-order valence-corrected chi connectivity index (χ0v) is 15.0. The van der Waals surface area contributed by atoms with Crippen LogP contribution in [0, 0.1) is 0 Å². The van der Waals surface area contributed by atoms with Gasteiger partial charge in [-0.25, -0.2) is 8.78 Å². The van der Waals surface area contributed by atoms with E-state index in [4.69, 9.17) is 5.73 Å². The molecule has 1 heterocycles. The predicted octanol–water partition coefficient (Wildman–Crippen LogP) is 3.43. The molecule has 2 amide bonds. The molecule has 0 spiro atoms. The van der Waals surface area contributed by atoms with Crippen molar-refractivity contribution >= 4 is 28.3 Å². The number of hydrogen-bond donors (Lipinski definition) is 2. The van der Waals surface area contributed by atoms with Gasteiger partial charge in [-0.3, -0.25) is 14.6 Å². The van der Waals surface area contributed by atoms with Gasteiger partial charge in [-0.2, -0.15) is 0 Å². The monoisotopic (exact) mass is 373 g/mol. The van der Waals surface area contributed by atoms with E-state index < -0.39 is 11.8 Å². The van der Waals surface area contributed by atoms with Crippen LogP contribution >= 0.6 is 0 Å². The van der Waals surface area contributed by atoms with E-state index in [-0.39, 0.29) is 31.2 Å². The van der Waals surface area contributed by atoms with E-state index in [0.29, 0.717) is 17.5 Å². The first-order valence-electron chi connectivity index (χ1n) is 8.80. The van der Waals surface area contributed by atoms with Gasteiger partial charge in [0, 0.05) is 42.5 Å². The van der Waals surface area contributed by atoms with Crippen molar-refractivity contribution in [2.75, 3.05) is 0 Å². The molecule has 3 N–H and O–H groups in total. The summed E-state index contributed by atoms with van der Waals surface area (Å²) in [6.45, 7) is 1.70.